The molecule has 3 rings (SSSR count). The molecule has 0 bridgehead atoms. The van der Waals surface area contributed by atoms with Crippen LogP contribution in [-0.2, 0) is 6.54 Å². The van der Waals surface area contributed by atoms with E-state index in [1.807, 2.05) is 53.4 Å². The van der Waals surface area contributed by atoms with Crippen LogP contribution < -0.4 is 9.47 Å². The summed E-state index contributed by atoms with van der Waals surface area (Å²) in [6.07, 6.45) is 0.195. The molecule has 0 unspecified atom stereocenters. The van der Waals surface area contributed by atoms with Crippen LogP contribution in [0.3, 0.4) is 0 Å². The lowest BCUT2D eigenvalue weighted by Crippen LogP contribution is -2.31. The highest BCUT2D eigenvalue weighted by Crippen LogP contribution is 2.32. The summed E-state index contributed by atoms with van der Waals surface area (Å²) >= 11 is 0. The summed E-state index contributed by atoms with van der Waals surface area (Å²) < 4.78 is 11.3. The fraction of sp³-hybridized carbons (Fsp3) is 0.400. The maximum absolute atomic E-state index is 10.6. The van der Waals surface area contributed by atoms with Crippen molar-refractivity contribution in [2.45, 2.75) is 19.1 Å². The van der Waals surface area contributed by atoms with E-state index in [9.17, 15) is 10.2 Å². The van der Waals surface area contributed by atoms with Crippen molar-refractivity contribution in [3.8, 4) is 11.5 Å². The van der Waals surface area contributed by atoms with Gasteiger partial charge in [0.15, 0.2) is 11.5 Å². The van der Waals surface area contributed by atoms with Crippen LogP contribution >= 0.6 is 0 Å². The molecule has 0 aliphatic carbocycles. The minimum atomic E-state index is -0.660. The average molecular weight is 343 g/mol. The van der Waals surface area contributed by atoms with Crippen LogP contribution in [0.25, 0.3) is 0 Å². The first-order valence-corrected chi connectivity index (χ1v) is 8.71. The van der Waals surface area contributed by atoms with Crippen LogP contribution in [0.1, 0.15) is 23.7 Å². The second kappa shape index (κ2) is 8.85. The Balaban J connectivity index is 1.68. The van der Waals surface area contributed by atoms with E-state index in [1.54, 1.807) is 0 Å². The standard InChI is InChI=1S/C20H25NO4/c22-10-9-21(14-16-5-2-1-3-6-16)15-18(23)17-7-8-19-20(13-17)25-12-4-11-24-19/h1-3,5-8,13,18,22-23H,4,9-12,14-15H2/t18-/m0/s1. The van der Waals surface area contributed by atoms with E-state index in [4.69, 9.17) is 9.47 Å². The predicted molar refractivity (Wildman–Crippen MR) is 95.8 cm³/mol. The molecule has 0 saturated carbocycles. The Bertz CT molecular complexity index is 662. The quantitative estimate of drug-likeness (QED) is 0.808. The Kier molecular flexibility index (Phi) is 6.28. The molecule has 1 heterocycles. The van der Waals surface area contributed by atoms with E-state index in [-0.39, 0.29) is 6.61 Å². The molecule has 5 nitrogen and oxygen atoms in total. The van der Waals surface area contributed by atoms with Crippen molar-refractivity contribution >= 4 is 0 Å². The number of fused-ring (bicyclic) bond motifs is 1. The van der Waals surface area contributed by atoms with E-state index in [2.05, 4.69) is 0 Å². The van der Waals surface area contributed by atoms with Crippen LogP contribution in [0.15, 0.2) is 48.5 Å². The fourth-order valence-corrected chi connectivity index (χ4v) is 2.96. The molecule has 2 aromatic rings. The van der Waals surface area contributed by atoms with Crippen LogP contribution in [0.5, 0.6) is 11.5 Å². The molecular weight excluding hydrogens is 318 g/mol. The second-order valence-electron chi connectivity index (χ2n) is 6.22. The third kappa shape index (κ3) is 4.95. The van der Waals surface area contributed by atoms with Crippen molar-refractivity contribution in [3.05, 3.63) is 59.7 Å². The number of hydrogen-bond donors (Lipinski definition) is 2. The molecular formula is C20H25NO4. The van der Waals surface area contributed by atoms with Gasteiger partial charge in [-0.1, -0.05) is 36.4 Å². The molecule has 25 heavy (non-hydrogen) atoms. The molecule has 2 N–H and O–H groups in total. The van der Waals surface area contributed by atoms with Crippen LogP contribution in [0.2, 0.25) is 0 Å². The van der Waals surface area contributed by atoms with Gasteiger partial charge in [0.25, 0.3) is 0 Å². The molecule has 1 aliphatic rings. The second-order valence-corrected chi connectivity index (χ2v) is 6.22. The smallest absolute Gasteiger partial charge is 0.161 e. The molecule has 0 amide bonds. The number of rotatable bonds is 7. The zero-order valence-corrected chi connectivity index (χ0v) is 14.3. The topological polar surface area (TPSA) is 62.2 Å². The molecule has 1 atom stereocenters. The molecule has 0 saturated heterocycles. The number of nitrogens with zero attached hydrogens (tertiary/aromatic N) is 1. The van der Waals surface area contributed by atoms with E-state index in [0.29, 0.717) is 38.6 Å². The molecule has 2 aromatic carbocycles. The van der Waals surface area contributed by atoms with Gasteiger partial charge in [-0.15, -0.1) is 0 Å². The molecule has 0 spiro atoms. The number of ether oxygens (including phenoxy) is 2. The summed E-state index contributed by atoms with van der Waals surface area (Å²) in [5, 5.41) is 20.0. The predicted octanol–water partition coefficient (Wildman–Crippen LogP) is 2.38. The highest BCUT2D eigenvalue weighted by atomic mass is 16.5. The van der Waals surface area contributed by atoms with Gasteiger partial charge in [0.1, 0.15) is 0 Å². The summed E-state index contributed by atoms with van der Waals surface area (Å²) in [5.41, 5.74) is 1.95. The normalized spacial score (nSPS) is 15.0. The van der Waals surface area contributed by atoms with Gasteiger partial charge in [-0.3, -0.25) is 4.90 Å². The van der Waals surface area contributed by atoms with Crippen molar-refractivity contribution < 1.29 is 19.7 Å². The first-order valence-electron chi connectivity index (χ1n) is 8.71. The Hall–Kier alpha value is -2.08. The molecule has 0 fully saturated rings. The van der Waals surface area contributed by atoms with Gasteiger partial charge in [0.2, 0.25) is 0 Å². The number of aliphatic hydroxyl groups excluding tert-OH is 2. The van der Waals surface area contributed by atoms with Crippen LogP contribution in [0.4, 0.5) is 0 Å². The van der Waals surface area contributed by atoms with Crippen molar-refractivity contribution in [2.75, 3.05) is 32.9 Å². The highest BCUT2D eigenvalue weighted by Gasteiger charge is 2.17. The van der Waals surface area contributed by atoms with Gasteiger partial charge in [0.05, 0.1) is 25.9 Å². The van der Waals surface area contributed by atoms with Gasteiger partial charge in [0, 0.05) is 26.1 Å². The zero-order chi connectivity index (χ0) is 17.5. The largest absolute Gasteiger partial charge is 0.490 e. The summed E-state index contributed by atoms with van der Waals surface area (Å²) in [6.45, 7) is 2.96. The van der Waals surface area contributed by atoms with Crippen molar-refractivity contribution in [3.63, 3.8) is 0 Å². The SMILES string of the molecule is OCCN(Cc1ccccc1)C[C@H](O)c1ccc2c(c1)OCCCO2. The van der Waals surface area contributed by atoms with E-state index in [1.165, 1.54) is 0 Å². The van der Waals surface area contributed by atoms with Gasteiger partial charge in [-0.2, -0.15) is 0 Å². The summed E-state index contributed by atoms with van der Waals surface area (Å²) in [5.74, 6) is 1.41. The summed E-state index contributed by atoms with van der Waals surface area (Å²) in [7, 11) is 0. The Labute approximate surface area is 148 Å². The first kappa shape index (κ1) is 17.7. The maximum atomic E-state index is 10.6. The molecule has 134 valence electrons. The van der Waals surface area contributed by atoms with Gasteiger partial charge in [-0.05, 0) is 23.3 Å². The molecule has 1 aliphatic heterocycles. The average Bonchev–Trinajstić information content (AvgIpc) is 2.87. The van der Waals surface area contributed by atoms with Crippen LogP contribution in [0, 0.1) is 0 Å². The van der Waals surface area contributed by atoms with Gasteiger partial charge < -0.3 is 19.7 Å². The Morgan fingerprint density at radius 2 is 1.76 bits per heavy atom. The fourth-order valence-electron chi connectivity index (χ4n) is 2.96. The van der Waals surface area contributed by atoms with E-state index in [0.717, 1.165) is 23.3 Å². The zero-order valence-electron chi connectivity index (χ0n) is 14.3. The molecule has 0 radical (unpaired) electrons. The Morgan fingerprint density at radius 3 is 2.52 bits per heavy atom. The van der Waals surface area contributed by atoms with E-state index < -0.39 is 6.10 Å². The number of hydrogen-bond acceptors (Lipinski definition) is 5. The number of benzene rings is 2. The van der Waals surface area contributed by atoms with Crippen molar-refractivity contribution in [1.29, 1.82) is 0 Å². The Morgan fingerprint density at radius 1 is 1.00 bits per heavy atom. The molecule has 5 heteroatoms. The lowest BCUT2D eigenvalue weighted by atomic mass is 10.1. The summed E-state index contributed by atoms with van der Waals surface area (Å²) in [6, 6.07) is 15.6. The maximum Gasteiger partial charge on any atom is 0.161 e. The lowest BCUT2D eigenvalue weighted by molar-refractivity contribution is 0.0954. The van der Waals surface area contributed by atoms with Gasteiger partial charge >= 0.3 is 0 Å². The monoisotopic (exact) mass is 343 g/mol. The minimum absolute atomic E-state index is 0.0562. The van der Waals surface area contributed by atoms with E-state index >= 15 is 0 Å². The summed E-state index contributed by atoms with van der Waals surface area (Å²) in [4.78, 5) is 2.04. The first-order chi connectivity index (χ1) is 12.3. The molecule has 0 aromatic heterocycles. The van der Waals surface area contributed by atoms with Crippen LogP contribution in [-0.4, -0.2) is 48.0 Å². The lowest BCUT2D eigenvalue weighted by Gasteiger charge is -2.25. The van der Waals surface area contributed by atoms with Crippen molar-refractivity contribution in [2.24, 2.45) is 0 Å². The van der Waals surface area contributed by atoms with Crippen molar-refractivity contribution in [1.82, 2.24) is 4.90 Å². The highest BCUT2D eigenvalue weighted by molar-refractivity contribution is 5.44. The third-order valence-corrected chi connectivity index (χ3v) is 4.25. The number of aliphatic hydroxyl groups is 2. The third-order valence-electron chi connectivity index (χ3n) is 4.25. The van der Waals surface area contributed by atoms with Gasteiger partial charge in [-0.25, -0.2) is 0 Å². The minimum Gasteiger partial charge on any atom is -0.490 e.